The van der Waals surface area contributed by atoms with E-state index < -0.39 is 64.7 Å². The molecule has 2 aromatic heterocycles. The van der Waals surface area contributed by atoms with Gasteiger partial charge in [-0.25, -0.2) is 9.49 Å². The van der Waals surface area contributed by atoms with E-state index in [0.717, 1.165) is 6.07 Å². The van der Waals surface area contributed by atoms with Crippen LogP contribution in [0.3, 0.4) is 0 Å². The van der Waals surface area contributed by atoms with E-state index in [-0.39, 0.29) is 60.4 Å². The lowest BCUT2D eigenvalue weighted by atomic mass is 9.78. The molecule has 5 rings (SSSR count). The minimum Gasteiger partial charge on any atom is -0.358 e. The fourth-order valence-electron chi connectivity index (χ4n) is 6.64. The van der Waals surface area contributed by atoms with Crippen LogP contribution in [0.5, 0.6) is 0 Å². The van der Waals surface area contributed by atoms with Gasteiger partial charge in [0.15, 0.2) is 5.82 Å². The molecular weight excluding hydrogens is 698 g/mol. The molecule has 1 aliphatic rings. The number of hydrogen-bond acceptors (Lipinski definition) is 7. The van der Waals surface area contributed by atoms with E-state index in [1.807, 2.05) is 13.8 Å². The van der Waals surface area contributed by atoms with Crippen LogP contribution in [0.15, 0.2) is 42.5 Å². The largest absolute Gasteiger partial charge is 0.418 e. The molecule has 1 aliphatic carbocycles. The molecule has 6 N–H and O–H groups in total. The van der Waals surface area contributed by atoms with Gasteiger partial charge in [0, 0.05) is 17.5 Å². The maximum atomic E-state index is 14.6. The third kappa shape index (κ3) is 8.66. The Morgan fingerprint density at radius 2 is 1.64 bits per heavy atom. The highest BCUT2D eigenvalue weighted by Gasteiger charge is 2.47. The Balaban J connectivity index is 1.49. The number of aryl methyl sites for hydroxylation is 1. The molecule has 4 aromatic rings. The van der Waals surface area contributed by atoms with E-state index in [2.05, 4.69) is 46.9 Å². The van der Waals surface area contributed by atoms with Crippen LogP contribution in [0.1, 0.15) is 75.2 Å². The summed E-state index contributed by atoms with van der Waals surface area (Å²) in [4.78, 5) is 58.5. The number of hydrogen-bond donors (Lipinski definition) is 6. The van der Waals surface area contributed by atoms with E-state index >= 15 is 0 Å². The number of para-hydroxylation sites is 1. The molecule has 5 atom stereocenters. The summed E-state index contributed by atoms with van der Waals surface area (Å²) in [5.41, 5.74) is -1.72. The van der Waals surface area contributed by atoms with Gasteiger partial charge in [-0.1, -0.05) is 70.9 Å². The first kappa shape index (κ1) is 38.9. The standard InChI is InChI=1S/C36H43F4N9O4/c1-5-19(3)29(32(51)41-18-27-46-48-49-47-27)44-34(53)35(15-14-26-23(17-35)22-11-9-12-24(31(22)42-26)36(38,39)40)45-33(52)30(20(4)6-2)43-28(50)16-21-10-7-8-13-25(21)37/h7-13,19-20,29-30,42H,5-6,14-18H2,1-4H3,(H,41,51)(H,43,50)(H,44,53)(H,45,52)(H,46,47,48,49)/t19-,20?,29?,30-,35+/m0/s1. The highest BCUT2D eigenvalue weighted by Crippen LogP contribution is 2.40. The van der Waals surface area contributed by atoms with Crippen LogP contribution in [-0.4, -0.2) is 66.9 Å². The molecule has 2 heterocycles. The summed E-state index contributed by atoms with van der Waals surface area (Å²) in [6.07, 6.45) is -4.23. The van der Waals surface area contributed by atoms with Crippen LogP contribution in [0.25, 0.3) is 10.9 Å². The second-order valence-corrected chi connectivity index (χ2v) is 13.7. The zero-order valence-electron chi connectivity index (χ0n) is 29.8. The second-order valence-electron chi connectivity index (χ2n) is 13.7. The quantitative estimate of drug-likeness (QED) is 0.106. The fourth-order valence-corrected chi connectivity index (χ4v) is 6.64. The second kappa shape index (κ2) is 16.1. The predicted octanol–water partition coefficient (Wildman–Crippen LogP) is 3.80. The van der Waals surface area contributed by atoms with Crippen LogP contribution in [-0.2, 0) is 51.2 Å². The van der Waals surface area contributed by atoms with Gasteiger partial charge in [0.2, 0.25) is 23.6 Å². The Morgan fingerprint density at radius 1 is 0.943 bits per heavy atom. The van der Waals surface area contributed by atoms with E-state index in [0.29, 0.717) is 24.1 Å². The van der Waals surface area contributed by atoms with Crippen LogP contribution < -0.4 is 21.3 Å². The van der Waals surface area contributed by atoms with Gasteiger partial charge in [0.1, 0.15) is 23.4 Å². The number of carbonyl (C=O) groups excluding carboxylic acids is 4. The Morgan fingerprint density at radius 3 is 2.28 bits per heavy atom. The van der Waals surface area contributed by atoms with Crippen molar-refractivity contribution in [1.29, 1.82) is 0 Å². The zero-order chi connectivity index (χ0) is 38.5. The predicted molar refractivity (Wildman–Crippen MR) is 185 cm³/mol. The van der Waals surface area contributed by atoms with E-state index in [1.165, 1.54) is 30.3 Å². The van der Waals surface area contributed by atoms with Crippen molar-refractivity contribution in [2.24, 2.45) is 11.8 Å². The lowest BCUT2D eigenvalue weighted by Crippen LogP contribution is -2.67. The summed E-state index contributed by atoms with van der Waals surface area (Å²) in [7, 11) is 0. The van der Waals surface area contributed by atoms with Crippen LogP contribution in [0.4, 0.5) is 17.6 Å². The Bertz CT molecular complexity index is 1950. The zero-order valence-corrected chi connectivity index (χ0v) is 29.8. The smallest absolute Gasteiger partial charge is 0.358 e. The Labute approximate surface area is 302 Å². The SMILES string of the molecule is CCC(C)[C@H](NC(=O)Cc1ccccc1F)C(=O)N[C@]1(C(=O)NC(C(=O)NCc2nnn[nH]2)[C@@H](C)CC)CCc2[nH]c3c(C(F)(F)F)cccc3c2C1. The number of alkyl halides is 3. The molecule has 0 radical (unpaired) electrons. The minimum atomic E-state index is -4.65. The number of halogens is 4. The fraction of sp³-hybridized carbons (Fsp3) is 0.472. The lowest BCUT2D eigenvalue weighted by Gasteiger charge is -2.39. The number of benzene rings is 2. The molecule has 0 saturated carbocycles. The number of carbonyl (C=O) groups is 4. The molecule has 0 bridgehead atoms. The van der Waals surface area contributed by atoms with Gasteiger partial charge in [-0.05, 0) is 58.4 Å². The topological polar surface area (TPSA) is 187 Å². The Hall–Kier alpha value is -5.35. The van der Waals surface area contributed by atoms with E-state index in [4.69, 9.17) is 0 Å². The highest BCUT2D eigenvalue weighted by molar-refractivity contribution is 5.98. The number of nitrogens with zero attached hydrogens (tertiary/aromatic N) is 3. The van der Waals surface area contributed by atoms with Crippen molar-refractivity contribution in [2.75, 3.05) is 0 Å². The number of aromatic nitrogens is 5. The summed E-state index contributed by atoms with van der Waals surface area (Å²) in [5, 5.41) is 24.6. The van der Waals surface area contributed by atoms with Gasteiger partial charge in [0.05, 0.1) is 24.0 Å². The van der Waals surface area contributed by atoms with Gasteiger partial charge in [-0.2, -0.15) is 13.2 Å². The Kier molecular flexibility index (Phi) is 11.8. The van der Waals surface area contributed by atoms with Crippen LogP contribution in [0.2, 0.25) is 0 Å². The normalized spacial score (nSPS) is 18.0. The lowest BCUT2D eigenvalue weighted by molar-refractivity contribution is -0.139. The summed E-state index contributed by atoms with van der Waals surface area (Å²) in [6, 6.07) is 7.31. The van der Waals surface area contributed by atoms with Crippen molar-refractivity contribution in [1.82, 2.24) is 46.9 Å². The maximum absolute atomic E-state index is 14.6. The monoisotopic (exact) mass is 741 g/mol. The van der Waals surface area contributed by atoms with Crippen molar-refractivity contribution in [3.05, 3.63) is 76.5 Å². The molecule has 53 heavy (non-hydrogen) atoms. The average Bonchev–Trinajstić information content (AvgIpc) is 3.79. The molecule has 17 heteroatoms. The van der Waals surface area contributed by atoms with Gasteiger partial charge in [0.25, 0.3) is 0 Å². The highest BCUT2D eigenvalue weighted by atomic mass is 19.4. The number of amides is 4. The molecule has 0 saturated heterocycles. The van der Waals surface area contributed by atoms with Crippen molar-refractivity contribution >= 4 is 34.5 Å². The van der Waals surface area contributed by atoms with Crippen molar-refractivity contribution < 1.29 is 36.7 Å². The van der Waals surface area contributed by atoms with E-state index in [1.54, 1.807) is 19.9 Å². The molecule has 0 aliphatic heterocycles. The molecule has 4 amide bonds. The molecule has 284 valence electrons. The van der Waals surface area contributed by atoms with Gasteiger partial charge in [-0.3, -0.25) is 19.2 Å². The summed E-state index contributed by atoms with van der Waals surface area (Å²) >= 11 is 0. The first-order chi connectivity index (χ1) is 25.2. The van der Waals surface area contributed by atoms with Crippen molar-refractivity contribution in [3.63, 3.8) is 0 Å². The molecular formula is C36H43F4N9O4. The first-order valence-electron chi connectivity index (χ1n) is 17.5. The minimum absolute atomic E-state index is 0.0409. The summed E-state index contributed by atoms with van der Waals surface area (Å²) in [5.74, 6) is -3.71. The van der Waals surface area contributed by atoms with Gasteiger partial charge >= 0.3 is 6.18 Å². The van der Waals surface area contributed by atoms with Crippen LogP contribution in [0, 0.1) is 17.7 Å². The van der Waals surface area contributed by atoms with Gasteiger partial charge in [-0.15, -0.1) is 5.10 Å². The number of aromatic amines is 2. The number of fused-ring (bicyclic) bond motifs is 3. The molecule has 0 spiro atoms. The van der Waals surface area contributed by atoms with Crippen molar-refractivity contribution in [3.8, 4) is 0 Å². The molecule has 2 unspecified atom stereocenters. The van der Waals surface area contributed by atoms with Crippen molar-refractivity contribution in [2.45, 2.75) is 96.6 Å². The van der Waals surface area contributed by atoms with Crippen LogP contribution >= 0.6 is 0 Å². The van der Waals surface area contributed by atoms with E-state index in [9.17, 15) is 36.7 Å². The molecule has 13 nitrogen and oxygen atoms in total. The summed E-state index contributed by atoms with van der Waals surface area (Å²) in [6.45, 7) is 7.11. The summed E-state index contributed by atoms with van der Waals surface area (Å²) < 4.78 is 56.5. The number of nitrogens with one attached hydrogen (secondary N) is 6. The maximum Gasteiger partial charge on any atom is 0.418 e. The number of rotatable bonds is 14. The number of tetrazole rings is 1. The molecule has 2 aromatic carbocycles. The first-order valence-corrected chi connectivity index (χ1v) is 17.5. The van der Waals surface area contributed by atoms with Gasteiger partial charge < -0.3 is 26.3 Å². The molecule has 0 fully saturated rings. The number of H-pyrrole nitrogens is 2. The third-order valence-corrected chi connectivity index (χ3v) is 10.1. The average molecular weight is 742 g/mol. The third-order valence-electron chi connectivity index (χ3n) is 10.1.